The van der Waals surface area contributed by atoms with E-state index in [1.54, 1.807) is 20.8 Å². The summed E-state index contributed by atoms with van der Waals surface area (Å²) < 4.78 is 46.0. The van der Waals surface area contributed by atoms with Gasteiger partial charge in [-0.3, -0.25) is 14.5 Å². The third-order valence-corrected chi connectivity index (χ3v) is 6.79. The summed E-state index contributed by atoms with van der Waals surface area (Å²) in [6.45, 7) is 5.99. The van der Waals surface area contributed by atoms with Crippen molar-refractivity contribution >= 4 is 51.8 Å². The fraction of sp³-hybridized carbons (Fsp3) is 0.462. The number of esters is 1. The van der Waals surface area contributed by atoms with Crippen LogP contribution in [0.4, 0.5) is 29.2 Å². The maximum atomic E-state index is 15.2. The first kappa shape index (κ1) is 29.8. The third kappa shape index (κ3) is 7.34. The van der Waals surface area contributed by atoms with Gasteiger partial charge in [-0.1, -0.05) is 17.4 Å². The summed E-state index contributed by atoms with van der Waals surface area (Å²) in [6.07, 6.45) is -0.672. The first-order valence-electron chi connectivity index (χ1n) is 12.7. The molecule has 0 radical (unpaired) electrons. The molecule has 2 aliphatic heterocycles. The van der Waals surface area contributed by atoms with E-state index in [1.807, 2.05) is 0 Å². The molecule has 0 bridgehead atoms. The molecule has 2 aromatic rings. The van der Waals surface area contributed by atoms with Gasteiger partial charge in [-0.15, -0.1) is 10.2 Å². The molecule has 15 heteroatoms. The Morgan fingerprint density at radius 3 is 2.49 bits per heavy atom. The number of rotatable bonds is 7. The van der Waals surface area contributed by atoms with Crippen molar-refractivity contribution in [1.29, 1.82) is 0 Å². The van der Waals surface area contributed by atoms with Crippen LogP contribution in [-0.4, -0.2) is 83.7 Å². The van der Waals surface area contributed by atoms with Gasteiger partial charge in [-0.05, 0) is 44.9 Å². The highest BCUT2D eigenvalue weighted by Crippen LogP contribution is 2.33. The van der Waals surface area contributed by atoms with Crippen molar-refractivity contribution in [3.8, 4) is 0 Å². The van der Waals surface area contributed by atoms with Crippen molar-refractivity contribution in [3.63, 3.8) is 0 Å². The Morgan fingerprint density at radius 2 is 1.93 bits per heavy atom. The molecule has 3 amide bonds. The Balaban J connectivity index is 1.46. The van der Waals surface area contributed by atoms with Crippen LogP contribution in [-0.2, 0) is 23.8 Å². The average molecular weight is 594 g/mol. The molecular formula is C26H29F2N5O7S. The Kier molecular flexibility index (Phi) is 8.85. The molecule has 12 nitrogen and oxygen atoms in total. The van der Waals surface area contributed by atoms with E-state index in [0.29, 0.717) is 5.57 Å². The number of hydrogen-bond donors (Lipinski definition) is 0. The largest absolute Gasteiger partial charge is 0.456 e. The van der Waals surface area contributed by atoms with E-state index in [2.05, 4.69) is 10.2 Å². The summed E-state index contributed by atoms with van der Waals surface area (Å²) in [7, 11) is 0. The molecule has 0 saturated carbocycles. The molecule has 3 heterocycles. The van der Waals surface area contributed by atoms with Crippen LogP contribution in [0.3, 0.4) is 0 Å². The predicted molar refractivity (Wildman–Crippen MR) is 143 cm³/mol. The molecule has 41 heavy (non-hydrogen) atoms. The van der Waals surface area contributed by atoms with Gasteiger partial charge in [0.05, 0.1) is 18.8 Å². The van der Waals surface area contributed by atoms with Gasteiger partial charge in [0.2, 0.25) is 5.13 Å². The number of halogens is 2. The number of hydrogen-bond acceptors (Lipinski definition) is 10. The summed E-state index contributed by atoms with van der Waals surface area (Å²) in [4.78, 5) is 52.3. The van der Waals surface area contributed by atoms with Crippen LogP contribution in [0.1, 0.15) is 39.7 Å². The number of benzene rings is 1. The molecule has 0 N–H and O–H groups in total. The first-order chi connectivity index (χ1) is 19.3. The van der Waals surface area contributed by atoms with E-state index in [9.17, 15) is 19.2 Å². The summed E-state index contributed by atoms with van der Waals surface area (Å²) in [5, 5.41) is 7.89. The molecule has 0 spiro atoms. The van der Waals surface area contributed by atoms with Crippen molar-refractivity contribution in [1.82, 2.24) is 15.1 Å². The van der Waals surface area contributed by atoms with Crippen LogP contribution in [0, 0.1) is 11.6 Å². The van der Waals surface area contributed by atoms with E-state index >= 15 is 8.78 Å². The van der Waals surface area contributed by atoms with Crippen LogP contribution in [0.15, 0.2) is 23.7 Å². The van der Waals surface area contributed by atoms with Gasteiger partial charge in [-0.25, -0.2) is 23.3 Å². The zero-order valence-electron chi connectivity index (χ0n) is 22.9. The van der Waals surface area contributed by atoms with Crippen LogP contribution in [0.25, 0.3) is 5.57 Å². The van der Waals surface area contributed by atoms with Crippen molar-refractivity contribution in [2.45, 2.75) is 45.8 Å². The van der Waals surface area contributed by atoms with Gasteiger partial charge >= 0.3 is 18.2 Å². The van der Waals surface area contributed by atoms with Gasteiger partial charge < -0.3 is 19.1 Å². The standard InChI is InChI=1S/C26H29F2N5O7S/c1-15(34)38-13-21(35)31-7-5-16(6-8-31)22-19(27)9-17(10-20(22)28)32-11-18(39-24(32)36)12-33(23-30-29-14-41-23)25(37)40-26(2,3)4/h5,9-10,14,18H,6-8,11-13H2,1-4H3/t18-/m1/s1. The number of carbonyl (C=O) groups excluding carboxylic acids is 4. The number of aromatic nitrogens is 2. The van der Waals surface area contributed by atoms with E-state index in [1.165, 1.54) is 28.3 Å². The minimum absolute atomic E-state index is 0.0504. The monoisotopic (exact) mass is 593 g/mol. The Bertz CT molecular complexity index is 1340. The molecule has 1 fully saturated rings. The molecular weight excluding hydrogens is 564 g/mol. The minimum atomic E-state index is -0.883. The van der Waals surface area contributed by atoms with Crippen LogP contribution in [0.2, 0.25) is 0 Å². The van der Waals surface area contributed by atoms with Crippen LogP contribution in [0.5, 0.6) is 0 Å². The molecule has 2 aliphatic rings. The number of ether oxygens (including phenoxy) is 3. The van der Waals surface area contributed by atoms with Crippen molar-refractivity contribution in [2.75, 3.05) is 42.6 Å². The highest BCUT2D eigenvalue weighted by atomic mass is 32.1. The summed E-state index contributed by atoms with van der Waals surface area (Å²) in [5.41, 5.74) is 0.714. The zero-order chi connectivity index (χ0) is 29.9. The second-order valence-electron chi connectivity index (χ2n) is 10.3. The van der Waals surface area contributed by atoms with E-state index in [0.717, 1.165) is 28.4 Å². The van der Waals surface area contributed by atoms with Gasteiger partial charge in [-0.2, -0.15) is 0 Å². The second-order valence-corrected chi connectivity index (χ2v) is 11.1. The van der Waals surface area contributed by atoms with Gasteiger partial charge in [0.1, 0.15) is 28.8 Å². The number of amides is 3. The lowest BCUT2D eigenvalue weighted by Crippen LogP contribution is -2.42. The van der Waals surface area contributed by atoms with Crippen molar-refractivity contribution < 1.29 is 42.2 Å². The Labute approximate surface area is 238 Å². The maximum absolute atomic E-state index is 15.2. The Hall–Kier alpha value is -4.14. The smallest absolute Gasteiger partial charge is 0.416 e. The minimum Gasteiger partial charge on any atom is -0.456 e. The van der Waals surface area contributed by atoms with Crippen molar-refractivity contribution in [2.24, 2.45) is 0 Å². The maximum Gasteiger partial charge on any atom is 0.416 e. The van der Waals surface area contributed by atoms with Gasteiger partial charge in [0.25, 0.3) is 5.91 Å². The summed E-state index contributed by atoms with van der Waals surface area (Å²) in [5.74, 6) is -2.76. The number of cyclic esters (lactones) is 1. The molecule has 0 aliphatic carbocycles. The zero-order valence-corrected chi connectivity index (χ0v) is 23.7. The Morgan fingerprint density at radius 1 is 1.22 bits per heavy atom. The molecule has 4 rings (SSSR count). The topological polar surface area (TPSA) is 131 Å². The fourth-order valence-corrected chi connectivity index (χ4v) is 4.82. The molecule has 220 valence electrons. The first-order valence-corrected chi connectivity index (χ1v) is 13.5. The van der Waals surface area contributed by atoms with Crippen LogP contribution >= 0.6 is 11.3 Å². The lowest BCUT2D eigenvalue weighted by molar-refractivity contribution is -0.150. The van der Waals surface area contributed by atoms with Gasteiger partial charge in [0.15, 0.2) is 6.61 Å². The van der Waals surface area contributed by atoms with E-state index in [4.69, 9.17) is 14.2 Å². The van der Waals surface area contributed by atoms with E-state index < -0.39 is 54.0 Å². The normalized spacial score (nSPS) is 17.2. The highest BCUT2D eigenvalue weighted by molar-refractivity contribution is 7.13. The summed E-state index contributed by atoms with van der Waals surface area (Å²) >= 11 is 1.09. The van der Waals surface area contributed by atoms with Crippen LogP contribution < -0.4 is 9.80 Å². The number of carbonyl (C=O) groups is 4. The lowest BCUT2D eigenvalue weighted by Gasteiger charge is -2.27. The van der Waals surface area contributed by atoms with E-state index in [-0.39, 0.29) is 49.0 Å². The fourth-order valence-electron chi connectivity index (χ4n) is 4.26. The molecule has 1 atom stereocenters. The lowest BCUT2D eigenvalue weighted by atomic mass is 9.97. The quantitative estimate of drug-likeness (QED) is 0.348. The molecule has 1 aromatic heterocycles. The molecule has 0 unspecified atom stereocenters. The number of anilines is 2. The average Bonchev–Trinajstić information content (AvgIpc) is 3.54. The molecule has 1 aromatic carbocycles. The third-order valence-electron chi connectivity index (χ3n) is 6.07. The SMILES string of the molecule is CC(=O)OCC(=O)N1CC=C(c2c(F)cc(N3C[C@H](CN(C(=O)OC(C)(C)C)c4nncs4)OC3=O)cc2F)CC1. The number of nitrogens with zero attached hydrogens (tertiary/aromatic N) is 5. The van der Waals surface area contributed by atoms with Gasteiger partial charge in [0, 0.05) is 25.6 Å². The molecule has 1 saturated heterocycles. The van der Waals surface area contributed by atoms with Crippen molar-refractivity contribution in [3.05, 3.63) is 40.9 Å². The summed E-state index contributed by atoms with van der Waals surface area (Å²) in [6, 6.07) is 2.08. The highest BCUT2D eigenvalue weighted by Gasteiger charge is 2.37. The predicted octanol–water partition coefficient (Wildman–Crippen LogP) is 3.76. The second kappa shape index (κ2) is 12.2.